The van der Waals surface area contributed by atoms with Gasteiger partial charge in [0.25, 0.3) is 0 Å². The van der Waals surface area contributed by atoms with Gasteiger partial charge in [0.1, 0.15) is 0 Å². The summed E-state index contributed by atoms with van der Waals surface area (Å²) >= 11 is 0. The molecule has 116 valence electrons. The number of nitrogens with zero attached hydrogens (tertiary/aromatic N) is 1. The maximum absolute atomic E-state index is 11.4. The molecule has 1 aromatic carbocycles. The van der Waals surface area contributed by atoms with Crippen LogP contribution in [-0.4, -0.2) is 37.0 Å². The standard InChI is InChI=1S/C13H18N2O5S/c1-9(2)20-13-7-10(3-4-12(13)15(16)17)14-11-5-6-21(18,19)8-11/h3-4,7,9,11,14H,5-6,8H2,1-2H3. The normalized spacial score (nSPS) is 20.4. The van der Waals surface area contributed by atoms with Crippen molar-refractivity contribution in [2.75, 3.05) is 16.8 Å². The summed E-state index contributed by atoms with van der Waals surface area (Å²) in [5.74, 6) is 0.443. The molecule has 1 fully saturated rings. The fourth-order valence-electron chi connectivity index (χ4n) is 2.25. The van der Waals surface area contributed by atoms with Crippen LogP contribution in [-0.2, 0) is 9.84 Å². The highest BCUT2D eigenvalue weighted by Gasteiger charge is 2.28. The highest BCUT2D eigenvalue weighted by molar-refractivity contribution is 7.91. The van der Waals surface area contributed by atoms with Crippen molar-refractivity contribution in [1.29, 1.82) is 0 Å². The number of rotatable bonds is 5. The molecule has 1 aromatic rings. The molecule has 21 heavy (non-hydrogen) atoms. The van der Waals surface area contributed by atoms with Crippen LogP contribution in [0, 0.1) is 10.1 Å². The van der Waals surface area contributed by atoms with Crippen molar-refractivity contribution in [2.24, 2.45) is 0 Å². The van der Waals surface area contributed by atoms with Gasteiger partial charge in [-0.15, -0.1) is 0 Å². The predicted octanol–water partition coefficient (Wildman–Crippen LogP) is 1.98. The largest absolute Gasteiger partial charge is 0.484 e. The minimum Gasteiger partial charge on any atom is -0.484 e. The number of anilines is 1. The Morgan fingerprint density at radius 2 is 2.14 bits per heavy atom. The third kappa shape index (κ3) is 4.07. The first-order valence-electron chi connectivity index (χ1n) is 6.69. The summed E-state index contributed by atoms with van der Waals surface area (Å²) in [4.78, 5) is 10.5. The van der Waals surface area contributed by atoms with E-state index in [1.807, 2.05) is 0 Å². The van der Waals surface area contributed by atoms with Gasteiger partial charge in [-0.3, -0.25) is 10.1 Å². The lowest BCUT2D eigenvalue weighted by Gasteiger charge is -2.15. The van der Waals surface area contributed by atoms with Crippen LogP contribution in [0.1, 0.15) is 20.3 Å². The summed E-state index contributed by atoms with van der Waals surface area (Å²) in [6, 6.07) is 4.31. The molecule has 0 radical (unpaired) electrons. The van der Waals surface area contributed by atoms with Gasteiger partial charge in [0, 0.05) is 23.9 Å². The number of nitro benzene ring substituents is 1. The zero-order chi connectivity index (χ0) is 15.6. The van der Waals surface area contributed by atoms with Gasteiger partial charge in [-0.05, 0) is 26.3 Å². The minimum atomic E-state index is -2.97. The molecule has 7 nitrogen and oxygen atoms in total. The Morgan fingerprint density at radius 3 is 2.67 bits per heavy atom. The zero-order valence-electron chi connectivity index (χ0n) is 11.9. The monoisotopic (exact) mass is 314 g/mol. The van der Waals surface area contributed by atoms with Crippen molar-refractivity contribution < 1.29 is 18.1 Å². The molecule has 8 heteroatoms. The number of ether oxygens (including phenoxy) is 1. The minimum absolute atomic E-state index is 0.0877. The van der Waals surface area contributed by atoms with Gasteiger partial charge in [-0.1, -0.05) is 0 Å². The van der Waals surface area contributed by atoms with E-state index >= 15 is 0 Å². The molecular weight excluding hydrogens is 296 g/mol. The maximum Gasteiger partial charge on any atom is 0.311 e. The molecule has 0 aromatic heterocycles. The summed E-state index contributed by atoms with van der Waals surface area (Å²) in [6.45, 7) is 3.57. The van der Waals surface area contributed by atoms with Gasteiger partial charge >= 0.3 is 5.69 Å². The lowest BCUT2D eigenvalue weighted by Crippen LogP contribution is -2.20. The highest BCUT2D eigenvalue weighted by Crippen LogP contribution is 2.31. The molecular formula is C13H18N2O5S. The lowest BCUT2D eigenvalue weighted by molar-refractivity contribution is -0.386. The van der Waals surface area contributed by atoms with Crippen molar-refractivity contribution >= 4 is 21.2 Å². The van der Waals surface area contributed by atoms with Crippen LogP contribution in [0.3, 0.4) is 0 Å². The molecule has 0 aliphatic carbocycles. The van der Waals surface area contributed by atoms with Crippen LogP contribution in [0.25, 0.3) is 0 Å². The number of hydrogen-bond acceptors (Lipinski definition) is 6. The first-order valence-corrected chi connectivity index (χ1v) is 8.51. The molecule has 2 rings (SSSR count). The SMILES string of the molecule is CC(C)Oc1cc(NC2CCS(=O)(=O)C2)ccc1[N+](=O)[O-]. The van der Waals surface area contributed by atoms with Crippen LogP contribution >= 0.6 is 0 Å². The number of hydrogen-bond donors (Lipinski definition) is 1. The van der Waals surface area contributed by atoms with Crippen molar-refractivity contribution in [1.82, 2.24) is 0 Å². The summed E-state index contributed by atoms with van der Waals surface area (Å²) in [5.41, 5.74) is 0.520. The maximum atomic E-state index is 11.4. The molecule has 1 unspecified atom stereocenters. The first-order chi connectivity index (χ1) is 9.77. The highest BCUT2D eigenvalue weighted by atomic mass is 32.2. The van der Waals surface area contributed by atoms with Crippen molar-refractivity contribution in [3.8, 4) is 5.75 Å². The number of sulfone groups is 1. The van der Waals surface area contributed by atoms with Crippen molar-refractivity contribution in [3.05, 3.63) is 28.3 Å². The van der Waals surface area contributed by atoms with Crippen LogP contribution < -0.4 is 10.1 Å². The van der Waals surface area contributed by atoms with Crippen LogP contribution in [0.15, 0.2) is 18.2 Å². The van der Waals surface area contributed by atoms with Crippen molar-refractivity contribution in [2.45, 2.75) is 32.4 Å². The van der Waals surface area contributed by atoms with E-state index < -0.39 is 14.8 Å². The van der Waals surface area contributed by atoms with E-state index in [1.165, 1.54) is 6.07 Å². The molecule has 1 aliphatic heterocycles. The average Bonchev–Trinajstić information content (AvgIpc) is 2.67. The van der Waals surface area contributed by atoms with E-state index in [4.69, 9.17) is 4.74 Å². The Bertz CT molecular complexity index is 642. The predicted molar refractivity (Wildman–Crippen MR) is 79.5 cm³/mol. The molecule has 1 heterocycles. The summed E-state index contributed by atoms with van der Waals surface area (Å²) in [7, 11) is -2.97. The van der Waals surface area contributed by atoms with E-state index in [9.17, 15) is 18.5 Å². The third-order valence-corrected chi connectivity index (χ3v) is 4.89. The molecule has 1 N–H and O–H groups in total. The van der Waals surface area contributed by atoms with Crippen LogP contribution in [0.2, 0.25) is 0 Å². The Morgan fingerprint density at radius 1 is 1.43 bits per heavy atom. The second kappa shape index (κ2) is 5.88. The zero-order valence-corrected chi connectivity index (χ0v) is 12.7. The van der Waals surface area contributed by atoms with E-state index in [1.54, 1.807) is 26.0 Å². The smallest absolute Gasteiger partial charge is 0.311 e. The molecule has 0 spiro atoms. The second-order valence-electron chi connectivity index (χ2n) is 5.35. The topological polar surface area (TPSA) is 98.5 Å². The average molecular weight is 314 g/mol. The van der Waals surface area contributed by atoms with Gasteiger partial charge in [-0.2, -0.15) is 0 Å². The third-order valence-electron chi connectivity index (χ3n) is 3.12. The molecule has 0 bridgehead atoms. The Balaban J connectivity index is 2.19. The van der Waals surface area contributed by atoms with Gasteiger partial charge in [-0.25, -0.2) is 8.42 Å². The quantitative estimate of drug-likeness (QED) is 0.659. The van der Waals surface area contributed by atoms with Crippen molar-refractivity contribution in [3.63, 3.8) is 0 Å². The molecule has 1 aliphatic rings. The van der Waals surface area contributed by atoms with Gasteiger partial charge in [0.15, 0.2) is 15.6 Å². The van der Waals surface area contributed by atoms with E-state index in [2.05, 4.69) is 5.32 Å². The first kappa shape index (κ1) is 15.6. The summed E-state index contributed by atoms with van der Waals surface area (Å²) in [6.07, 6.45) is 0.352. The van der Waals surface area contributed by atoms with Crippen LogP contribution in [0.4, 0.5) is 11.4 Å². The number of nitrogens with one attached hydrogen (secondary N) is 1. The van der Waals surface area contributed by atoms with E-state index in [0.29, 0.717) is 12.1 Å². The van der Waals surface area contributed by atoms with Gasteiger partial charge < -0.3 is 10.1 Å². The molecule has 1 saturated heterocycles. The second-order valence-corrected chi connectivity index (χ2v) is 7.58. The molecule has 0 amide bonds. The summed E-state index contributed by atoms with van der Waals surface area (Å²) < 4.78 is 28.3. The lowest BCUT2D eigenvalue weighted by atomic mass is 10.2. The van der Waals surface area contributed by atoms with Crippen LogP contribution in [0.5, 0.6) is 5.75 Å². The fourth-order valence-corrected chi connectivity index (χ4v) is 3.92. The van der Waals surface area contributed by atoms with E-state index in [-0.39, 0.29) is 35.1 Å². The summed E-state index contributed by atoms with van der Waals surface area (Å²) in [5, 5.41) is 14.1. The van der Waals surface area contributed by atoms with E-state index in [0.717, 1.165) is 0 Å². The van der Waals surface area contributed by atoms with Gasteiger partial charge in [0.05, 0.1) is 22.5 Å². The Hall–Kier alpha value is -1.83. The number of nitro groups is 1. The van der Waals surface area contributed by atoms with Gasteiger partial charge in [0.2, 0.25) is 0 Å². The number of benzene rings is 1. The molecule has 0 saturated carbocycles. The Kier molecular flexibility index (Phi) is 4.36. The Labute approximate surface area is 123 Å². The fraction of sp³-hybridized carbons (Fsp3) is 0.538. The molecule has 1 atom stereocenters.